The van der Waals surface area contributed by atoms with Gasteiger partial charge in [-0.3, -0.25) is 0 Å². The van der Waals surface area contributed by atoms with E-state index in [0.29, 0.717) is 13.0 Å². The number of rotatable bonds is 0. The number of hydrogen-bond donors (Lipinski definition) is 2. The highest BCUT2D eigenvalue weighted by molar-refractivity contribution is 5.65. The maximum atomic E-state index is 10.4. The van der Waals surface area contributed by atoms with Gasteiger partial charge in [0.25, 0.3) is 0 Å². The monoisotopic (exact) mass is 170 g/mol. The van der Waals surface area contributed by atoms with Crippen LogP contribution in [-0.2, 0) is 0 Å². The normalized spacial score (nSPS) is 29.5. The van der Waals surface area contributed by atoms with Crippen LogP contribution in [0.15, 0.2) is 0 Å². The van der Waals surface area contributed by atoms with Crippen molar-refractivity contribution in [3.05, 3.63) is 0 Å². The summed E-state index contributed by atoms with van der Waals surface area (Å²) in [7, 11) is 0. The van der Waals surface area contributed by atoms with Gasteiger partial charge in [-0.25, -0.2) is 4.79 Å². The Kier molecular flexibility index (Phi) is 2.51. The van der Waals surface area contributed by atoms with E-state index in [2.05, 4.69) is 0 Å². The van der Waals surface area contributed by atoms with Crippen molar-refractivity contribution < 1.29 is 15.0 Å². The van der Waals surface area contributed by atoms with Gasteiger partial charge in [-0.1, -0.05) is 0 Å². The lowest BCUT2D eigenvalue weighted by atomic mass is 9.96. The van der Waals surface area contributed by atoms with Crippen molar-refractivity contribution in [3.8, 4) is 6.07 Å². The van der Waals surface area contributed by atoms with Crippen LogP contribution < -0.4 is 0 Å². The summed E-state index contributed by atoms with van der Waals surface area (Å²) >= 11 is 0. The zero-order chi connectivity index (χ0) is 9.14. The Morgan fingerprint density at radius 1 is 1.67 bits per heavy atom. The standard InChI is InChI=1S/C7H10N2O3/c8-3-5-1-2-9(7(11)12)4-6(5)10/h5-6,10H,1-2,4H2,(H,11,12)/t5-,6+/m0/s1. The van der Waals surface area contributed by atoms with Gasteiger partial charge in [-0.05, 0) is 6.42 Å². The first-order valence-corrected chi connectivity index (χ1v) is 3.70. The zero-order valence-electron chi connectivity index (χ0n) is 6.47. The number of β-amino-alcohol motifs (C(OH)–C–C–N with tert-alkyl or cyclic N) is 1. The molecule has 1 aliphatic rings. The minimum absolute atomic E-state index is 0.0492. The summed E-state index contributed by atoms with van der Waals surface area (Å²) in [5, 5.41) is 26.3. The summed E-state index contributed by atoms with van der Waals surface area (Å²) in [6.07, 6.45) is -1.45. The number of amides is 1. The van der Waals surface area contributed by atoms with Gasteiger partial charge < -0.3 is 15.1 Å². The van der Waals surface area contributed by atoms with Gasteiger partial charge in [-0.2, -0.15) is 5.26 Å². The van der Waals surface area contributed by atoms with Gasteiger partial charge in [0, 0.05) is 6.54 Å². The minimum atomic E-state index is -1.04. The number of likely N-dealkylation sites (tertiary alicyclic amines) is 1. The average Bonchev–Trinajstić information content (AvgIpc) is 2.04. The summed E-state index contributed by atoms with van der Waals surface area (Å²) in [6, 6.07) is 1.94. The van der Waals surface area contributed by atoms with Crippen LogP contribution in [0.3, 0.4) is 0 Å². The Morgan fingerprint density at radius 2 is 2.33 bits per heavy atom. The van der Waals surface area contributed by atoms with Crippen molar-refractivity contribution in [1.29, 1.82) is 5.26 Å². The maximum absolute atomic E-state index is 10.4. The van der Waals surface area contributed by atoms with Crippen molar-refractivity contribution in [3.63, 3.8) is 0 Å². The molecule has 1 fully saturated rings. The third-order valence-electron chi connectivity index (χ3n) is 2.02. The summed E-state index contributed by atoms with van der Waals surface area (Å²) in [6.45, 7) is 0.387. The Bertz CT molecular complexity index is 223. The van der Waals surface area contributed by atoms with Crippen molar-refractivity contribution in [2.75, 3.05) is 13.1 Å². The van der Waals surface area contributed by atoms with Gasteiger partial charge in [-0.15, -0.1) is 0 Å². The van der Waals surface area contributed by atoms with Gasteiger partial charge in [0.05, 0.1) is 24.6 Å². The van der Waals surface area contributed by atoms with E-state index in [9.17, 15) is 9.90 Å². The number of carboxylic acid groups (broad SMARTS) is 1. The molecule has 1 saturated heterocycles. The molecule has 0 spiro atoms. The molecule has 1 amide bonds. The zero-order valence-corrected chi connectivity index (χ0v) is 6.47. The average molecular weight is 170 g/mol. The fraction of sp³-hybridized carbons (Fsp3) is 0.714. The first-order valence-electron chi connectivity index (χ1n) is 3.70. The van der Waals surface area contributed by atoms with E-state index in [4.69, 9.17) is 10.4 Å². The molecule has 2 atom stereocenters. The van der Waals surface area contributed by atoms with Gasteiger partial charge in [0.2, 0.25) is 0 Å². The lowest BCUT2D eigenvalue weighted by molar-refractivity contribution is 0.0432. The molecule has 5 nitrogen and oxygen atoms in total. The second kappa shape index (κ2) is 3.41. The molecule has 1 aliphatic heterocycles. The Morgan fingerprint density at radius 3 is 2.75 bits per heavy atom. The third kappa shape index (κ3) is 1.66. The molecule has 0 saturated carbocycles. The fourth-order valence-electron chi connectivity index (χ4n) is 1.26. The molecule has 0 aromatic rings. The Balaban J connectivity index is 2.53. The number of aliphatic hydroxyl groups excluding tert-OH is 1. The lowest BCUT2D eigenvalue weighted by Crippen LogP contribution is -2.45. The number of nitriles is 1. The van der Waals surface area contributed by atoms with Crippen LogP contribution >= 0.6 is 0 Å². The molecule has 12 heavy (non-hydrogen) atoms. The largest absolute Gasteiger partial charge is 0.465 e. The topological polar surface area (TPSA) is 84.6 Å². The molecule has 2 N–H and O–H groups in total. The number of aliphatic hydroxyl groups is 1. The summed E-state index contributed by atoms with van der Waals surface area (Å²) in [4.78, 5) is 11.6. The van der Waals surface area contributed by atoms with E-state index in [1.807, 2.05) is 6.07 Å². The quantitative estimate of drug-likeness (QED) is 0.530. The van der Waals surface area contributed by atoms with Gasteiger partial charge in [0.15, 0.2) is 0 Å². The molecule has 0 aromatic heterocycles. The van der Waals surface area contributed by atoms with E-state index < -0.39 is 18.1 Å². The minimum Gasteiger partial charge on any atom is -0.465 e. The van der Waals surface area contributed by atoms with E-state index in [0.717, 1.165) is 4.90 Å². The van der Waals surface area contributed by atoms with Crippen molar-refractivity contribution in [1.82, 2.24) is 4.90 Å². The van der Waals surface area contributed by atoms with Crippen molar-refractivity contribution >= 4 is 6.09 Å². The van der Waals surface area contributed by atoms with Crippen LogP contribution in [0, 0.1) is 17.2 Å². The second-order valence-corrected chi connectivity index (χ2v) is 2.82. The molecule has 0 aliphatic carbocycles. The van der Waals surface area contributed by atoms with Gasteiger partial charge >= 0.3 is 6.09 Å². The Hall–Kier alpha value is -1.28. The van der Waals surface area contributed by atoms with E-state index in [1.54, 1.807) is 0 Å². The summed E-state index contributed by atoms with van der Waals surface area (Å²) in [5.41, 5.74) is 0. The van der Waals surface area contributed by atoms with Crippen LogP contribution in [0.5, 0.6) is 0 Å². The molecule has 0 radical (unpaired) electrons. The highest BCUT2D eigenvalue weighted by Gasteiger charge is 2.29. The molecule has 5 heteroatoms. The van der Waals surface area contributed by atoms with Crippen LogP contribution in [0.1, 0.15) is 6.42 Å². The fourth-order valence-corrected chi connectivity index (χ4v) is 1.26. The first-order chi connectivity index (χ1) is 5.65. The second-order valence-electron chi connectivity index (χ2n) is 2.82. The highest BCUT2D eigenvalue weighted by Crippen LogP contribution is 2.16. The maximum Gasteiger partial charge on any atom is 0.407 e. The summed E-state index contributed by atoms with van der Waals surface area (Å²) < 4.78 is 0. The number of hydrogen-bond acceptors (Lipinski definition) is 3. The molecular formula is C7H10N2O3. The molecular weight excluding hydrogens is 160 g/mol. The molecule has 66 valence electrons. The number of carbonyl (C=O) groups is 1. The van der Waals surface area contributed by atoms with Crippen molar-refractivity contribution in [2.45, 2.75) is 12.5 Å². The number of nitrogens with zero attached hydrogens (tertiary/aromatic N) is 2. The molecule has 1 rings (SSSR count). The van der Waals surface area contributed by atoms with E-state index >= 15 is 0 Å². The lowest BCUT2D eigenvalue weighted by Gasteiger charge is -2.30. The molecule has 0 aromatic carbocycles. The van der Waals surface area contributed by atoms with E-state index in [-0.39, 0.29) is 6.54 Å². The molecule has 0 bridgehead atoms. The first kappa shape index (κ1) is 8.81. The van der Waals surface area contributed by atoms with Crippen LogP contribution in [0.2, 0.25) is 0 Å². The smallest absolute Gasteiger partial charge is 0.407 e. The highest BCUT2D eigenvalue weighted by atomic mass is 16.4. The SMILES string of the molecule is N#C[C@@H]1CCN(C(=O)O)C[C@H]1O. The van der Waals surface area contributed by atoms with Crippen molar-refractivity contribution in [2.24, 2.45) is 5.92 Å². The number of piperidine rings is 1. The van der Waals surface area contributed by atoms with Crippen LogP contribution in [-0.4, -0.2) is 40.4 Å². The molecule has 0 unspecified atom stereocenters. The predicted molar refractivity (Wildman–Crippen MR) is 39.3 cm³/mol. The third-order valence-corrected chi connectivity index (χ3v) is 2.02. The molecule has 1 heterocycles. The predicted octanol–water partition coefficient (Wildman–Crippen LogP) is -0.129. The van der Waals surface area contributed by atoms with Gasteiger partial charge in [0.1, 0.15) is 0 Å². The van der Waals surface area contributed by atoms with Crippen LogP contribution in [0.4, 0.5) is 4.79 Å². The summed E-state index contributed by atoms with van der Waals surface area (Å²) in [5.74, 6) is -0.416. The van der Waals surface area contributed by atoms with Crippen LogP contribution in [0.25, 0.3) is 0 Å². The van der Waals surface area contributed by atoms with E-state index in [1.165, 1.54) is 0 Å². The Labute approximate surface area is 69.8 Å².